The van der Waals surface area contributed by atoms with Gasteiger partial charge >= 0.3 is 0 Å². The number of hydrogen-bond acceptors (Lipinski definition) is 6. The summed E-state index contributed by atoms with van der Waals surface area (Å²) in [5.74, 6) is -0.764. The molecule has 0 radical (unpaired) electrons. The molecular formula is C29H31N5O4. The number of imide groups is 1. The quantitative estimate of drug-likeness (QED) is 0.349. The topological polar surface area (TPSA) is 113 Å². The van der Waals surface area contributed by atoms with Gasteiger partial charge in [0.15, 0.2) is 0 Å². The Bertz CT molecular complexity index is 1470. The fraction of sp³-hybridized carbons (Fsp3) is 0.379. The highest BCUT2D eigenvalue weighted by molar-refractivity contribution is 6.50. The van der Waals surface area contributed by atoms with Crippen LogP contribution in [0.5, 0.6) is 0 Å². The monoisotopic (exact) mass is 513 g/mol. The maximum atomic E-state index is 13.6. The van der Waals surface area contributed by atoms with E-state index < -0.39 is 12.2 Å². The summed E-state index contributed by atoms with van der Waals surface area (Å²) in [6, 6.07) is 7.41. The minimum absolute atomic E-state index is 0.313. The van der Waals surface area contributed by atoms with Gasteiger partial charge in [-0.05, 0) is 37.1 Å². The van der Waals surface area contributed by atoms with Crippen LogP contribution in [-0.2, 0) is 22.7 Å². The number of amides is 2. The second-order valence-electron chi connectivity index (χ2n) is 10.4. The minimum Gasteiger partial charge on any atom is -0.391 e. The summed E-state index contributed by atoms with van der Waals surface area (Å²) in [7, 11) is 1.50. The molecule has 0 fully saturated rings. The summed E-state index contributed by atoms with van der Waals surface area (Å²) in [5, 5.41) is 23.1. The van der Waals surface area contributed by atoms with Crippen molar-refractivity contribution in [1.29, 1.82) is 0 Å². The van der Waals surface area contributed by atoms with Crippen LogP contribution in [0.3, 0.4) is 0 Å². The number of aliphatic hydroxyl groups excluding tert-OH is 2. The van der Waals surface area contributed by atoms with Gasteiger partial charge in [-0.3, -0.25) is 14.5 Å². The van der Waals surface area contributed by atoms with Crippen molar-refractivity contribution in [3.05, 3.63) is 60.2 Å². The Kier molecular flexibility index (Phi) is 6.33. The van der Waals surface area contributed by atoms with E-state index in [1.807, 2.05) is 45.8 Å². The average molecular weight is 514 g/mol. The van der Waals surface area contributed by atoms with E-state index in [-0.39, 0.29) is 11.8 Å². The van der Waals surface area contributed by atoms with E-state index in [1.54, 1.807) is 12.4 Å². The first kappa shape index (κ1) is 24.5. The van der Waals surface area contributed by atoms with Crippen LogP contribution in [0.2, 0.25) is 0 Å². The van der Waals surface area contributed by atoms with Gasteiger partial charge in [-0.2, -0.15) is 0 Å². The highest BCUT2D eigenvalue weighted by Gasteiger charge is 2.40. The van der Waals surface area contributed by atoms with Gasteiger partial charge in [-0.15, -0.1) is 0 Å². The molecule has 0 saturated heterocycles. The molecule has 0 aliphatic carbocycles. The third-order valence-corrected chi connectivity index (χ3v) is 7.73. The smallest absolute Gasteiger partial charge is 0.261 e. The SMILES string of the molecule is CN1C(=O)C2=C(C1=O)c1cn(c3ncccc13)C[C@H](O)CCCCCC[C@@H](O)Cn1cc2c2cccnc21. The number of aliphatic hydroxyl groups is 2. The first-order valence-electron chi connectivity index (χ1n) is 13.2. The highest BCUT2D eigenvalue weighted by Crippen LogP contribution is 2.41. The highest BCUT2D eigenvalue weighted by atomic mass is 16.3. The fourth-order valence-corrected chi connectivity index (χ4v) is 5.81. The molecule has 2 atom stereocenters. The number of carbonyl (C=O) groups is 2. The van der Waals surface area contributed by atoms with Gasteiger partial charge in [-0.1, -0.05) is 25.7 Å². The Morgan fingerprint density at radius 3 is 1.63 bits per heavy atom. The zero-order valence-corrected chi connectivity index (χ0v) is 21.4. The van der Waals surface area contributed by atoms with Crippen molar-refractivity contribution in [3.8, 4) is 0 Å². The molecule has 2 aliphatic heterocycles. The third kappa shape index (κ3) is 4.12. The molecule has 4 aromatic rings. The Morgan fingerprint density at radius 1 is 0.737 bits per heavy atom. The van der Waals surface area contributed by atoms with Crippen LogP contribution in [0.25, 0.3) is 33.2 Å². The van der Waals surface area contributed by atoms with Crippen LogP contribution in [0, 0.1) is 0 Å². The van der Waals surface area contributed by atoms with Crippen molar-refractivity contribution in [3.63, 3.8) is 0 Å². The summed E-state index contributed by atoms with van der Waals surface area (Å²) in [6.07, 6.45) is 11.0. The Labute approximate surface area is 220 Å². The lowest BCUT2D eigenvalue weighted by Gasteiger charge is -2.14. The van der Waals surface area contributed by atoms with Crippen LogP contribution in [-0.4, -0.2) is 65.3 Å². The van der Waals surface area contributed by atoms with Crippen LogP contribution in [0.1, 0.15) is 49.7 Å². The molecule has 0 unspecified atom stereocenters. The van der Waals surface area contributed by atoms with E-state index in [0.717, 1.165) is 41.4 Å². The molecule has 0 saturated carbocycles. The van der Waals surface area contributed by atoms with E-state index in [2.05, 4.69) is 9.97 Å². The molecule has 2 N–H and O–H groups in total. The van der Waals surface area contributed by atoms with E-state index in [4.69, 9.17) is 0 Å². The van der Waals surface area contributed by atoms with Gasteiger partial charge in [0.2, 0.25) is 0 Å². The molecule has 4 aromatic heterocycles. The molecule has 6 heterocycles. The lowest BCUT2D eigenvalue weighted by molar-refractivity contribution is -0.134. The van der Waals surface area contributed by atoms with Crippen molar-refractivity contribution in [2.75, 3.05) is 7.05 Å². The molecule has 4 bridgehead atoms. The number of pyridine rings is 2. The molecule has 9 heteroatoms. The maximum Gasteiger partial charge on any atom is 0.261 e. The molecule has 38 heavy (non-hydrogen) atoms. The largest absolute Gasteiger partial charge is 0.391 e. The average Bonchev–Trinajstić information content (AvgIpc) is 3.52. The number of rotatable bonds is 0. The fourth-order valence-electron chi connectivity index (χ4n) is 5.81. The van der Waals surface area contributed by atoms with E-state index >= 15 is 0 Å². The first-order chi connectivity index (χ1) is 18.4. The van der Waals surface area contributed by atoms with Gasteiger partial charge < -0.3 is 19.3 Å². The van der Waals surface area contributed by atoms with Gasteiger partial charge in [0.05, 0.1) is 36.4 Å². The normalized spacial score (nSPS) is 21.7. The number of hydrogen-bond donors (Lipinski definition) is 2. The minimum atomic E-state index is -0.564. The molecular weight excluding hydrogens is 482 g/mol. The van der Waals surface area contributed by atoms with Crippen LogP contribution < -0.4 is 0 Å². The van der Waals surface area contributed by atoms with E-state index in [1.165, 1.54) is 7.05 Å². The maximum absolute atomic E-state index is 13.6. The van der Waals surface area contributed by atoms with Crippen molar-refractivity contribution in [2.24, 2.45) is 0 Å². The number of likely N-dealkylation sites (N-methyl/N-ethyl adjacent to an activating group) is 1. The van der Waals surface area contributed by atoms with E-state index in [9.17, 15) is 19.8 Å². The van der Waals surface area contributed by atoms with Crippen LogP contribution in [0.15, 0.2) is 49.1 Å². The van der Waals surface area contributed by atoms with Gasteiger partial charge in [0, 0.05) is 53.7 Å². The molecule has 2 aliphatic rings. The summed E-state index contributed by atoms with van der Waals surface area (Å²) in [4.78, 5) is 37.5. The molecule has 196 valence electrons. The summed E-state index contributed by atoms with van der Waals surface area (Å²) in [6.45, 7) is 0.687. The Hall–Kier alpha value is -3.82. The first-order valence-corrected chi connectivity index (χ1v) is 13.2. The lowest BCUT2D eigenvalue weighted by Crippen LogP contribution is -2.26. The standard InChI is InChI=1S/C29H31N5O4/c1-32-28(37)24-22-16-33(26-20(22)10-6-12-30-26)14-18(35)8-4-2-3-5-9-19(36)15-34-17-23(25(24)29(32)38)21-11-7-13-31-27(21)34/h6-7,10-13,16-19,35-36H,2-5,8-9,14-15H2,1H3/t18-,19-/m1/s1. The summed E-state index contributed by atoms with van der Waals surface area (Å²) < 4.78 is 3.78. The lowest BCUT2D eigenvalue weighted by atomic mass is 9.96. The number of nitrogens with zero attached hydrogens (tertiary/aromatic N) is 5. The van der Waals surface area contributed by atoms with Crippen molar-refractivity contribution >= 4 is 45.0 Å². The number of aromatic nitrogens is 4. The molecule has 9 nitrogen and oxygen atoms in total. The molecule has 0 spiro atoms. The Morgan fingerprint density at radius 2 is 1.18 bits per heavy atom. The van der Waals surface area contributed by atoms with Crippen LogP contribution in [0.4, 0.5) is 0 Å². The van der Waals surface area contributed by atoms with Crippen molar-refractivity contribution < 1.29 is 19.8 Å². The zero-order valence-electron chi connectivity index (χ0n) is 21.4. The van der Waals surface area contributed by atoms with Crippen LogP contribution >= 0.6 is 0 Å². The van der Waals surface area contributed by atoms with Gasteiger partial charge in [0.1, 0.15) is 11.3 Å². The Balaban J connectivity index is 1.61. The predicted molar refractivity (Wildman–Crippen MR) is 144 cm³/mol. The number of fused-ring (bicyclic) bond motifs is 12. The van der Waals surface area contributed by atoms with Gasteiger partial charge in [0.25, 0.3) is 11.8 Å². The van der Waals surface area contributed by atoms with Crippen molar-refractivity contribution in [1.82, 2.24) is 24.0 Å². The summed E-state index contributed by atoms with van der Waals surface area (Å²) >= 11 is 0. The predicted octanol–water partition coefficient (Wildman–Crippen LogP) is 3.37. The van der Waals surface area contributed by atoms with E-state index in [0.29, 0.717) is 59.5 Å². The third-order valence-electron chi connectivity index (χ3n) is 7.73. The number of carbonyl (C=O) groups excluding carboxylic acids is 2. The molecule has 0 aromatic carbocycles. The zero-order chi connectivity index (χ0) is 26.4. The molecule has 6 rings (SSSR count). The second kappa shape index (κ2) is 9.81. The van der Waals surface area contributed by atoms with Crippen molar-refractivity contribution in [2.45, 2.75) is 63.8 Å². The molecule has 2 amide bonds. The second-order valence-corrected chi connectivity index (χ2v) is 10.4. The van der Waals surface area contributed by atoms with Gasteiger partial charge in [-0.25, -0.2) is 9.97 Å². The summed E-state index contributed by atoms with van der Waals surface area (Å²) in [5.41, 5.74) is 3.18.